The molecule has 2 rings (SSSR count). The van der Waals surface area contributed by atoms with Gasteiger partial charge in [-0.3, -0.25) is 14.5 Å². The number of Topliss-reactive ketones (excluding diaryl/α,β-unsaturated/α-hetero) is 1. The van der Waals surface area contributed by atoms with Crippen molar-refractivity contribution < 1.29 is 13.7 Å². The van der Waals surface area contributed by atoms with Crippen LogP contribution in [0.4, 0.5) is 5.82 Å². The van der Waals surface area contributed by atoms with Crippen LogP contribution in [0.1, 0.15) is 21.5 Å². The van der Waals surface area contributed by atoms with E-state index in [0.29, 0.717) is 4.90 Å². The Morgan fingerprint density at radius 2 is 2.29 bits per heavy atom. The molecule has 14 heavy (non-hydrogen) atoms. The van der Waals surface area contributed by atoms with Gasteiger partial charge in [-0.25, -0.2) is 4.98 Å². The van der Waals surface area contributed by atoms with E-state index >= 15 is 0 Å². The lowest BCUT2D eigenvalue weighted by molar-refractivity contribution is -0.120. The number of aromatic nitrogens is 2. The summed E-state index contributed by atoms with van der Waals surface area (Å²) in [4.78, 5) is 28.2. The molecule has 5 heteroatoms. The summed E-state index contributed by atoms with van der Waals surface area (Å²) in [5, 5.41) is 0. The first kappa shape index (κ1) is 5.95. The molecule has 1 aliphatic heterocycles. The van der Waals surface area contributed by atoms with Gasteiger partial charge in [0.2, 0.25) is 5.91 Å². The van der Waals surface area contributed by atoms with Gasteiger partial charge in [0.1, 0.15) is 11.6 Å². The molecule has 0 N–H and O–H groups in total. The number of fused-ring (bicyclic) bond motifs is 1. The van der Waals surface area contributed by atoms with E-state index in [0.717, 1.165) is 0 Å². The monoisotopic (exact) mass is 196 g/mol. The molecule has 1 unspecified atom stereocenters. The topological polar surface area (TPSA) is 55.2 Å². The van der Waals surface area contributed by atoms with Gasteiger partial charge in [-0.2, -0.15) is 0 Å². The lowest BCUT2D eigenvalue weighted by Gasteiger charge is -2.25. The lowest BCUT2D eigenvalue weighted by Crippen LogP contribution is -2.41. The minimum atomic E-state index is -2.63. The minimum Gasteiger partial charge on any atom is -0.329 e. The fourth-order valence-corrected chi connectivity index (χ4v) is 1.48. The number of carbonyl (C=O) groups excluding carboxylic acids is 2. The Kier molecular flexibility index (Phi) is 1.13. The maximum absolute atomic E-state index is 11.9. The Morgan fingerprint density at radius 1 is 1.57 bits per heavy atom. The molecule has 0 saturated heterocycles. The van der Waals surface area contributed by atoms with Crippen LogP contribution in [0.15, 0.2) is 6.33 Å². The number of nitrogens with zero attached hydrogens (tertiary/aromatic N) is 3. The first-order valence-electron chi connectivity index (χ1n) is 5.64. The summed E-state index contributed by atoms with van der Waals surface area (Å²) in [5.74, 6) is -2.20. The Balaban J connectivity index is 2.67. The van der Waals surface area contributed by atoms with E-state index < -0.39 is 24.6 Å². The number of imidazole rings is 1. The molecule has 1 amide bonds. The van der Waals surface area contributed by atoms with Crippen LogP contribution in [0.5, 0.6) is 0 Å². The van der Waals surface area contributed by atoms with E-state index in [1.807, 2.05) is 0 Å². The number of carbonyl (C=O) groups is 2. The van der Waals surface area contributed by atoms with Crippen molar-refractivity contribution in [1.29, 1.82) is 0 Å². The van der Waals surface area contributed by atoms with Crippen molar-refractivity contribution in [2.24, 2.45) is 13.0 Å². The number of hydrogen-bond donors (Lipinski definition) is 0. The zero-order chi connectivity index (χ0) is 13.0. The largest absolute Gasteiger partial charge is 0.329 e. The average Bonchev–Trinajstić information content (AvgIpc) is 2.55. The zero-order valence-electron chi connectivity index (χ0n) is 10.8. The van der Waals surface area contributed by atoms with Crippen LogP contribution < -0.4 is 4.90 Å². The van der Waals surface area contributed by atoms with E-state index in [4.69, 9.17) is 4.11 Å². The van der Waals surface area contributed by atoms with Gasteiger partial charge >= 0.3 is 0 Å². The third-order valence-electron chi connectivity index (χ3n) is 2.35. The van der Waals surface area contributed by atoms with Crippen LogP contribution in [-0.4, -0.2) is 28.2 Å². The number of aryl methyl sites for hydroxylation is 1. The normalized spacial score (nSPS) is 25.4. The first-order valence-corrected chi connectivity index (χ1v) is 4.14. The van der Waals surface area contributed by atoms with Crippen LogP contribution in [0.2, 0.25) is 0 Å². The lowest BCUT2D eigenvalue weighted by atomic mass is 9.98. The molecule has 5 nitrogen and oxygen atoms in total. The van der Waals surface area contributed by atoms with Crippen LogP contribution in [0.25, 0.3) is 0 Å². The molecule has 0 radical (unpaired) electrons. The Hall–Kier alpha value is -1.65. The summed E-state index contributed by atoms with van der Waals surface area (Å²) in [7, 11) is 1.59. The third-order valence-corrected chi connectivity index (χ3v) is 2.35. The van der Waals surface area contributed by atoms with Gasteiger partial charge < -0.3 is 4.57 Å². The Labute approximate surface area is 85.6 Å². The van der Waals surface area contributed by atoms with Gasteiger partial charge in [0.15, 0.2) is 11.6 Å². The highest BCUT2D eigenvalue weighted by atomic mass is 16.2. The van der Waals surface area contributed by atoms with Crippen LogP contribution >= 0.6 is 0 Å². The highest BCUT2D eigenvalue weighted by molar-refractivity contribution is 6.19. The molecule has 74 valence electrons. The van der Waals surface area contributed by atoms with Gasteiger partial charge in [0, 0.05) is 18.1 Å². The van der Waals surface area contributed by atoms with E-state index in [1.54, 1.807) is 7.05 Å². The highest BCUT2D eigenvalue weighted by Crippen LogP contribution is 2.27. The van der Waals surface area contributed by atoms with E-state index in [2.05, 4.69) is 4.98 Å². The second kappa shape index (κ2) is 2.67. The molecular weight excluding hydrogens is 182 g/mol. The standard InChI is InChI=1S/C9H11N3O2/c1-5-7(13)6-8(10-4-11(6)2)12(3)9(5)14/h4-5H,1-3H3/i3D3. The Morgan fingerprint density at radius 3 is 2.93 bits per heavy atom. The Bertz CT molecular complexity index is 506. The maximum Gasteiger partial charge on any atom is 0.238 e. The summed E-state index contributed by atoms with van der Waals surface area (Å²) in [6.07, 6.45) is 1.33. The fourth-order valence-electron chi connectivity index (χ4n) is 1.48. The molecule has 0 saturated carbocycles. The molecule has 2 heterocycles. The maximum atomic E-state index is 11.9. The molecule has 1 aromatic heterocycles. The summed E-state index contributed by atoms with van der Waals surface area (Å²) < 4.78 is 23.4. The number of hydrogen-bond acceptors (Lipinski definition) is 3. The second-order valence-corrected chi connectivity index (χ2v) is 3.29. The molecule has 0 aromatic carbocycles. The molecular formula is C9H11N3O2. The van der Waals surface area contributed by atoms with Crippen molar-refractivity contribution in [3.8, 4) is 0 Å². The summed E-state index contributed by atoms with van der Waals surface area (Å²) in [5.41, 5.74) is 0.160. The van der Waals surface area contributed by atoms with Gasteiger partial charge in [0.05, 0.1) is 6.33 Å². The number of amides is 1. The molecule has 0 fully saturated rings. The molecule has 1 aromatic rings. The predicted octanol–water partition coefficient (Wildman–Crippen LogP) is 0.215. The van der Waals surface area contributed by atoms with Gasteiger partial charge in [0.25, 0.3) is 0 Å². The van der Waals surface area contributed by atoms with Crippen molar-refractivity contribution in [1.82, 2.24) is 9.55 Å². The SMILES string of the molecule is [2H]C([2H])([2H])N1C(=O)C(C)C(=O)c2c1ncn2C. The van der Waals surface area contributed by atoms with Crippen molar-refractivity contribution in [2.45, 2.75) is 6.92 Å². The van der Waals surface area contributed by atoms with E-state index in [1.165, 1.54) is 17.8 Å². The van der Waals surface area contributed by atoms with Crippen molar-refractivity contribution >= 4 is 17.5 Å². The van der Waals surface area contributed by atoms with Crippen LogP contribution in [0, 0.1) is 5.92 Å². The third kappa shape index (κ3) is 0.921. The van der Waals surface area contributed by atoms with Gasteiger partial charge in [-0.15, -0.1) is 0 Å². The van der Waals surface area contributed by atoms with Gasteiger partial charge in [-0.1, -0.05) is 0 Å². The summed E-state index contributed by atoms with van der Waals surface area (Å²) in [6.45, 7) is -1.23. The van der Waals surface area contributed by atoms with Gasteiger partial charge in [-0.05, 0) is 6.92 Å². The molecule has 0 aliphatic carbocycles. The average molecular weight is 196 g/mol. The first-order chi connectivity index (χ1) is 7.75. The smallest absolute Gasteiger partial charge is 0.238 e. The number of anilines is 1. The second-order valence-electron chi connectivity index (χ2n) is 3.29. The zero-order valence-corrected chi connectivity index (χ0v) is 7.81. The van der Waals surface area contributed by atoms with Crippen molar-refractivity contribution in [3.63, 3.8) is 0 Å². The van der Waals surface area contributed by atoms with Crippen LogP contribution in [0.3, 0.4) is 0 Å². The number of ketones is 1. The molecule has 0 spiro atoms. The molecule has 0 bridgehead atoms. The fraction of sp³-hybridized carbons (Fsp3) is 0.444. The van der Waals surface area contributed by atoms with E-state index in [9.17, 15) is 9.59 Å². The highest BCUT2D eigenvalue weighted by Gasteiger charge is 2.37. The van der Waals surface area contributed by atoms with E-state index in [-0.39, 0.29) is 11.5 Å². The quantitative estimate of drug-likeness (QED) is 0.557. The van der Waals surface area contributed by atoms with Crippen LogP contribution in [-0.2, 0) is 11.8 Å². The van der Waals surface area contributed by atoms with Crippen molar-refractivity contribution in [3.05, 3.63) is 12.0 Å². The predicted molar refractivity (Wildman–Crippen MR) is 50.1 cm³/mol. The summed E-state index contributed by atoms with van der Waals surface area (Å²) in [6, 6.07) is 0. The molecule has 1 aliphatic rings. The molecule has 1 atom stereocenters. The minimum absolute atomic E-state index is 0.0828. The van der Waals surface area contributed by atoms with Crippen molar-refractivity contribution in [2.75, 3.05) is 11.9 Å². The summed E-state index contributed by atoms with van der Waals surface area (Å²) >= 11 is 0. The number of rotatable bonds is 0.